The molecule has 2 aromatic rings. The Balaban J connectivity index is 1.55. The van der Waals surface area contributed by atoms with Crippen LogP contribution in [-0.2, 0) is 32.8 Å². The van der Waals surface area contributed by atoms with Gasteiger partial charge < -0.3 is 24.8 Å². The normalized spacial score (nSPS) is 20.8. The van der Waals surface area contributed by atoms with Gasteiger partial charge in [-0.25, -0.2) is 17.5 Å². The van der Waals surface area contributed by atoms with E-state index in [1.165, 1.54) is 12.4 Å². The highest BCUT2D eigenvalue weighted by Crippen LogP contribution is 2.36. The third-order valence-corrected chi connectivity index (χ3v) is 8.13. The number of rotatable bonds is 3. The molecule has 1 aromatic heterocycles. The van der Waals surface area contributed by atoms with Gasteiger partial charge in [-0.3, -0.25) is 14.4 Å². The Morgan fingerprint density at radius 3 is 2.40 bits per heavy atom. The van der Waals surface area contributed by atoms with Gasteiger partial charge in [0.1, 0.15) is 16.8 Å². The van der Waals surface area contributed by atoms with E-state index in [0.29, 0.717) is 19.1 Å². The average Bonchev–Trinajstić information content (AvgIpc) is 3.41. The maximum Gasteiger partial charge on any atom is 0.419 e. The van der Waals surface area contributed by atoms with Gasteiger partial charge in [-0.05, 0) is 25.1 Å². The van der Waals surface area contributed by atoms with E-state index in [9.17, 15) is 53.5 Å². The van der Waals surface area contributed by atoms with E-state index in [2.05, 4.69) is 10.0 Å². The predicted molar refractivity (Wildman–Crippen MR) is 128 cm³/mol. The van der Waals surface area contributed by atoms with Gasteiger partial charge in [0, 0.05) is 44.0 Å². The van der Waals surface area contributed by atoms with Gasteiger partial charge in [0.2, 0.25) is 10.0 Å². The summed E-state index contributed by atoms with van der Waals surface area (Å²) in [4.78, 5) is 38.0. The van der Waals surface area contributed by atoms with Gasteiger partial charge in [0.15, 0.2) is 11.4 Å². The van der Waals surface area contributed by atoms with Crippen LogP contribution in [0, 0.1) is 11.7 Å². The Kier molecular flexibility index (Phi) is 7.96. The number of alkyl halides is 6. The highest BCUT2D eigenvalue weighted by Gasteiger charge is 2.45. The molecule has 4 rings (SSSR count). The van der Waals surface area contributed by atoms with E-state index in [1.807, 2.05) is 0 Å². The van der Waals surface area contributed by atoms with Crippen molar-refractivity contribution in [3.05, 3.63) is 41.5 Å². The van der Waals surface area contributed by atoms with Gasteiger partial charge in [-0.2, -0.15) is 26.3 Å². The maximum absolute atomic E-state index is 13.6. The van der Waals surface area contributed by atoms with Crippen LogP contribution >= 0.6 is 0 Å². The molecule has 0 spiro atoms. The summed E-state index contributed by atoms with van der Waals surface area (Å²) in [6.45, 7) is -0.355. The fraction of sp³-hybridized carbons (Fsp3) is 0.435. The standard InChI is InChI=1S/C23H22F7N5O6S/c1-10(22(25,26)27)31-20(37)21(38)35-6-11-9-41-18-16(42(39,40)33-15(11)7-35)8-34(2)17(18)19(36)32-12-3-4-14(24)13(5-12)23(28,29)30/h3-5,8,10-11,15,33H,6-7,9H2,1-2H3,(H,31,37)(H,32,36). The van der Waals surface area contributed by atoms with Crippen molar-refractivity contribution in [3.8, 4) is 5.75 Å². The number of sulfonamides is 1. The van der Waals surface area contributed by atoms with Crippen LogP contribution in [0.1, 0.15) is 23.0 Å². The van der Waals surface area contributed by atoms with Crippen molar-refractivity contribution in [1.29, 1.82) is 0 Å². The molecule has 3 atom stereocenters. The van der Waals surface area contributed by atoms with Gasteiger partial charge in [0.25, 0.3) is 5.91 Å². The van der Waals surface area contributed by atoms with Crippen LogP contribution in [-0.4, -0.2) is 73.6 Å². The van der Waals surface area contributed by atoms with Crippen LogP contribution in [0.15, 0.2) is 29.3 Å². The summed E-state index contributed by atoms with van der Waals surface area (Å²) >= 11 is 0. The van der Waals surface area contributed by atoms with Crippen LogP contribution in [0.2, 0.25) is 0 Å². The highest BCUT2D eigenvalue weighted by molar-refractivity contribution is 7.89. The Morgan fingerprint density at radius 1 is 1.12 bits per heavy atom. The number of benzene rings is 1. The fourth-order valence-corrected chi connectivity index (χ4v) is 5.95. The second-order valence-electron chi connectivity index (χ2n) is 9.67. The predicted octanol–water partition coefficient (Wildman–Crippen LogP) is 2.00. The number of carbonyl (C=O) groups excluding carboxylic acids is 3. The lowest BCUT2D eigenvalue weighted by atomic mass is 10.1. The minimum atomic E-state index is -5.06. The van der Waals surface area contributed by atoms with Gasteiger partial charge in [0.05, 0.1) is 12.2 Å². The minimum absolute atomic E-state index is 0.292. The average molecular weight is 630 g/mol. The molecule has 1 aromatic carbocycles. The number of hydrogen-bond acceptors (Lipinski definition) is 6. The number of fused-ring (bicyclic) bond motifs is 2. The number of ether oxygens (including phenoxy) is 1. The second-order valence-corrected chi connectivity index (χ2v) is 11.4. The number of aryl methyl sites for hydroxylation is 1. The Labute approximate surface area is 233 Å². The van der Waals surface area contributed by atoms with Crippen LogP contribution < -0.4 is 20.1 Å². The second kappa shape index (κ2) is 10.8. The molecule has 3 N–H and O–H groups in total. The van der Waals surface area contributed by atoms with Gasteiger partial charge in [-0.15, -0.1) is 0 Å². The summed E-state index contributed by atoms with van der Waals surface area (Å²) < 4.78 is 127. The first kappa shape index (κ1) is 31.1. The Morgan fingerprint density at radius 2 is 1.79 bits per heavy atom. The quantitative estimate of drug-likeness (QED) is 0.351. The number of anilines is 1. The molecule has 0 aliphatic carbocycles. The molecule has 3 heterocycles. The number of carbonyl (C=O) groups is 3. The number of amides is 3. The van der Waals surface area contributed by atoms with Crippen molar-refractivity contribution in [2.75, 3.05) is 25.0 Å². The number of halogens is 7. The van der Waals surface area contributed by atoms with Gasteiger partial charge in [-0.1, -0.05) is 0 Å². The van der Waals surface area contributed by atoms with E-state index in [-0.39, 0.29) is 19.7 Å². The van der Waals surface area contributed by atoms with Crippen molar-refractivity contribution < 1.29 is 58.3 Å². The molecule has 11 nitrogen and oxygen atoms in total. The number of nitrogens with zero attached hydrogens (tertiary/aromatic N) is 2. The zero-order chi connectivity index (χ0) is 31.4. The smallest absolute Gasteiger partial charge is 0.419 e. The summed E-state index contributed by atoms with van der Waals surface area (Å²) in [6, 6.07) is -1.61. The maximum atomic E-state index is 13.6. The summed E-state index contributed by atoms with van der Waals surface area (Å²) in [5.41, 5.74) is -2.50. The molecular weight excluding hydrogens is 607 g/mol. The number of hydrogen-bond donors (Lipinski definition) is 3. The molecule has 42 heavy (non-hydrogen) atoms. The number of nitrogens with one attached hydrogen (secondary N) is 3. The summed E-state index contributed by atoms with van der Waals surface area (Å²) in [6.07, 6.45) is -8.86. The zero-order valence-electron chi connectivity index (χ0n) is 21.6. The summed E-state index contributed by atoms with van der Waals surface area (Å²) in [7, 11) is -3.19. The third kappa shape index (κ3) is 6.15. The molecule has 0 radical (unpaired) electrons. The zero-order valence-corrected chi connectivity index (χ0v) is 22.4. The first-order chi connectivity index (χ1) is 19.3. The van der Waals surface area contributed by atoms with Crippen molar-refractivity contribution >= 4 is 33.4 Å². The summed E-state index contributed by atoms with van der Waals surface area (Å²) in [5, 5.41) is 3.68. The fourth-order valence-electron chi connectivity index (χ4n) is 4.46. The number of likely N-dealkylation sites (tertiary alicyclic amines) is 1. The first-order valence-corrected chi connectivity index (χ1v) is 13.5. The van der Waals surface area contributed by atoms with Crippen LogP contribution in [0.3, 0.4) is 0 Å². The molecule has 0 bridgehead atoms. The summed E-state index contributed by atoms with van der Waals surface area (Å²) in [5.74, 6) is -6.82. The molecule has 2 aliphatic rings. The largest absolute Gasteiger partial charge is 0.489 e. The van der Waals surface area contributed by atoms with Crippen LogP contribution in [0.5, 0.6) is 5.75 Å². The molecule has 3 unspecified atom stereocenters. The molecular formula is C23H22F7N5O6S. The lowest BCUT2D eigenvalue weighted by molar-refractivity contribution is -0.162. The van der Waals surface area contributed by atoms with Crippen molar-refractivity contribution in [2.24, 2.45) is 13.0 Å². The Hall–Kier alpha value is -3.87. The van der Waals surface area contributed by atoms with E-state index in [1.54, 1.807) is 0 Å². The van der Waals surface area contributed by atoms with E-state index < -0.39 is 91.5 Å². The van der Waals surface area contributed by atoms with E-state index >= 15 is 0 Å². The molecule has 3 amide bonds. The Bertz CT molecular complexity index is 1540. The minimum Gasteiger partial charge on any atom is -0.489 e. The highest BCUT2D eigenvalue weighted by atomic mass is 32.2. The van der Waals surface area contributed by atoms with Crippen molar-refractivity contribution in [3.63, 3.8) is 0 Å². The SMILES string of the molecule is CC(NC(=O)C(=O)N1CC2COc3c(cn(C)c3C(=O)Nc3ccc(F)c(C(F)(F)F)c3)S(=O)(=O)NC2C1)C(F)(F)F. The first-order valence-electron chi connectivity index (χ1n) is 12.0. The third-order valence-electron chi connectivity index (χ3n) is 6.65. The molecule has 1 fully saturated rings. The van der Waals surface area contributed by atoms with E-state index in [4.69, 9.17) is 4.74 Å². The molecule has 1 saturated heterocycles. The molecule has 230 valence electrons. The van der Waals surface area contributed by atoms with E-state index in [0.717, 1.165) is 21.7 Å². The monoisotopic (exact) mass is 629 g/mol. The molecule has 2 aliphatic heterocycles. The van der Waals surface area contributed by atoms with Crippen LogP contribution in [0.25, 0.3) is 0 Å². The topological polar surface area (TPSA) is 139 Å². The van der Waals surface area contributed by atoms with Gasteiger partial charge >= 0.3 is 24.2 Å². The molecule has 19 heteroatoms. The van der Waals surface area contributed by atoms with Crippen LogP contribution in [0.4, 0.5) is 36.4 Å². The lowest BCUT2D eigenvalue weighted by Crippen LogP contribution is -2.50. The lowest BCUT2D eigenvalue weighted by Gasteiger charge is -2.23. The van der Waals surface area contributed by atoms with Crippen molar-refractivity contribution in [1.82, 2.24) is 19.5 Å². The number of aromatic nitrogens is 1. The molecule has 0 saturated carbocycles. The van der Waals surface area contributed by atoms with Crippen molar-refractivity contribution in [2.45, 2.75) is 36.3 Å².